The van der Waals surface area contributed by atoms with Crippen molar-refractivity contribution in [1.29, 1.82) is 0 Å². The quantitative estimate of drug-likeness (QED) is 0.821. The van der Waals surface area contributed by atoms with Crippen molar-refractivity contribution < 1.29 is 14.7 Å². The third-order valence-corrected chi connectivity index (χ3v) is 6.20. The number of likely N-dealkylation sites (tertiary alicyclic amines) is 1. The van der Waals surface area contributed by atoms with E-state index in [9.17, 15) is 14.7 Å². The van der Waals surface area contributed by atoms with Crippen LogP contribution in [0.1, 0.15) is 58.3 Å². The van der Waals surface area contributed by atoms with Gasteiger partial charge in [-0.25, -0.2) is 0 Å². The number of carboxylic acids is 1. The van der Waals surface area contributed by atoms with E-state index in [2.05, 4.69) is 10.2 Å². The monoisotopic (exact) mass is 344 g/mol. The lowest BCUT2D eigenvalue weighted by molar-refractivity contribution is -0.149. The van der Waals surface area contributed by atoms with E-state index in [1.54, 1.807) is 0 Å². The molecule has 0 aromatic rings. The Kier molecular flexibility index (Phi) is 5.95. The van der Waals surface area contributed by atoms with Crippen LogP contribution in [0.5, 0.6) is 0 Å². The van der Waals surface area contributed by atoms with Gasteiger partial charge in [-0.1, -0.05) is 25.7 Å². The maximum Gasteiger partial charge on any atom is 0.311 e. The maximum atomic E-state index is 12.5. The average molecular weight is 345 g/mol. The first-order chi connectivity index (χ1) is 10.5. The third-order valence-electron chi connectivity index (χ3n) is 6.20. The van der Waals surface area contributed by atoms with E-state index in [1.807, 2.05) is 6.92 Å². The smallest absolute Gasteiger partial charge is 0.311 e. The van der Waals surface area contributed by atoms with Gasteiger partial charge in [-0.05, 0) is 38.5 Å². The molecular formula is C17H29ClN2O3. The Morgan fingerprint density at radius 2 is 1.87 bits per heavy atom. The normalized spacial score (nSPS) is 32.8. The topological polar surface area (TPSA) is 69.6 Å². The minimum Gasteiger partial charge on any atom is -0.481 e. The van der Waals surface area contributed by atoms with Crippen LogP contribution in [0.4, 0.5) is 0 Å². The van der Waals surface area contributed by atoms with Crippen molar-refractivity contribution in [3.05, 3.63) is 0 Å². The molecule has 1 heterocycles. The van der Waals surface area contributed by atoms with Gasteiger partial charge in [0.2, 0.25) is 5.91 Å². The fourth-order valence-electron chi connectivity index (χ4n) is 4.71. The fraction of sp³-hybridized carbons (Fsp3) is 0.882. The van der Waals surface area contributed by atoms with Crippen LogP contribution in [0.2, 0.25) is 0 Å². The Morgan fingerprint density at radius 1 is 1.17 bits per heavy atom. The standard InChI is InChI=1S/C17H28N2O3.ClH/c1-12(15(20)18-14-7-3-2-4-8-14)19-10-13-6-5-9-17(13,11-19)16(21)22;/h12-14H,2-11H2,1H3,(H,18,20)(H,21,22);1H/t12?,13-,17+;/m0./s1. The zero-order chi connectivity index (χ0) is 15.7. The lowest BCUT2D eigenvalue weighted by atomic mass is 9.81. The lowest BCUT2D eigenvalue weighted by Gasteiger charge is -2.29. The summed E-state index contributed by atoms with van der Waals surface area (Å²) in [6.07, 6.45) is 8.60. The second kappa shape index (κ2) is 7.39. The summed E-state index contributed by atoms with van der Waals surface area (Å²) in [5, 5.41) is 12.8. The second-order valence-corrected chi connectivity index (χ2v) is 7.50. The van der Waals surface area contributed by atoms with Crippen molar-refractivity contribution in [1.82, 2.24) is 10.2 Å². The van der Waals surface area contributed by atoms with Crippen LogP contribution in [-0.2, 0) is 9.59 Å². The van der Waals surface area contributed by atoms with Gasteiger partial charge in [-0.2, -0.15) is 0 Å². The zero-order valence-corrected chi connectivity index (χ0v) is 14.7. The number of carbonyl (C=O) groups is 2. The number of carbonyl (C=O) groups excluding carboxylic acids is 1. The number of carboxylic acid groups (broad SMARTS) is 1. The molecule has 2 N–H and O–H groups in total. The average Bonchev–Trinajstić information content (AvgIpc) is 3.05. The van der Waals surface area contributed by atoms with Gasteiger partial charge in [0.15, 0.2) is 0 Å². The Bertz CT molecular complexity index is 453. The fourth-order valence-corrected chi connectivity index (χ4v) is 4.71. The predicted molar refractivity (Wildman–Crippen MR) is 90.7 cm³/mol. The van der Waals surface area contributed by atoms with Crippen LogP contribution in [0.25, 0.3) is 0 Å². The zero-order valence-electron chi connectivity index (χ0n) is 13.9. The Hall–Kier alpha value is -0.810. The van der Waals surface area contributed by atoms with E-state index < -0.39 is 11.4 Å². The molecule has 0 aromatic heterocycles. The van der Waals surface area contributed by atoms with Crippen LogP contribution in [0.15, 0.2) is 0 Å². The summed E-state index contributed by atoms with van der Waals surface area (Å²) in [5.41, 5.74) is -0.598. The van der Waals surface area contributed by atoms with Gasteiger partial charge in [0.05, 0.1) is 11.5 Å². The number of hydrogen-bond donors (Lipinski definition) is 2. The van der Waals surface area contributed by atoms with Crippen molar-refractivity contribution in [2.45, 2.75) is 70.4 Å². The summed E-state index contributed by atoms with van der Waals surface area (Å²) in [5.74, 6) is -0.375. The molecule has 5 nitrogen and oxygen atoms in total. The molecule has 3 rings (SSSR count). The summed E-state index contributed by atoms with van der Waals surface area (Å²) < 4.78 is 0. The minimum atomic E-state index is -0.669. The van der Waals surface area contributed by atoms with Crippen LogP contribution >= 0.6 is 12.4 Å². The number of aliphatic carboxylic acids is 1. The minimum absolute atomic E-state index is 0. The van der Waals surface area contributed by atoms with Crippen LogP contribution in [0, 0.1) is 11.3 Å². The molecule has 1 amide bonds. The molecule has 132 valence electrons. The Balaban J connectivity index is 0.00000192. The summed E-state index contributed by atoms with van der Waals surface area (Å²) in [4.78, 5) is 26.3. The van der Waals surface area contributed by atoms with Gasteiger partial charge in [-0.15, -0.1) is 12.4 Å². The lowest BCUT2D eigenvalue weighted by Crippen LogP contribution is -2.49. The Morgan fingerprint density at radius 3 is 2.48 bits per heavy atom. The van der Waals surface area contributed by atoms with Crippen molar-refractivity contribution >= 4 is 24.3 Å². The van der Waals surface area contributed by atoms with Crippen molar-refractivity contribution in [3.8, 4) is 0 Å². The first-order valence-corrected chi connectivity index (χ1v) is 8.81. The molecule has 0 radical (unpaired) electrons. The highest BCUT2D eigenvalue weighted by Gasteiger charge is 2.55. The van der Waals surface area contributed by atoms with Gasteiger partial charge in [-0.3, -0.25) is 14.5 Å². The van der Waals surface area contributed by atoms with Crippen molar-refractivity contribution in [2.24, 2.45) is 11.3 Å². The van der Waals surface area contributed by atoms with Gasteiger partial charge < -0.3 is 10.4 Å². The van der Waals surface area contributed by atoms with Gasteiger partial charge in [0.25, 0.3) is 0 Å². The molecule has 0 aromatic carbocycles. The number of nitrogens with zero attached hydrogens (tertiary/aromatic N) is 1. The molecule has 0 bridgehead atoms. The molecule has 1 saturated heterocycles. The summed E-state index contributed by atoms with van der Waals surface area (Å²) in [6, 6.07) is 0.1000. The highest BCUT2D eigenvalue weighted by Crippen LogP contribution is 2.49. The second-order valence-electron chi connectivity index (χ2n) is 7.50. The van der Waals surface area contributed by atoms with E-state index in [1.165, 1.54) is 19.3 Å². The molecule has 23 heavy (non-hydrogen) atoms. The van der Waals surface area contributed by atoms with E-state index in [0.717, 1.165) is 38.6 Å². The van der Waals surface area contributed by atoms with E-state index >= 15 is 0 Å². The highest BCUT2D eigenvalue weighted by molar-refractivity contribution is 5.85. The predicted octanol–water partition coefficient (Wildman–Crippen LogP) is 2.43. The first-order valence-electron chi connectivity index (χ1n) is 8.81. The summed E-state index contributed by atoms with van der Waals surface area (Å²) in [7, 11) is 0. The van der Waals surface area contributed by atoms with Crippen LogP contribution < -0.4 is 5.32 Å². The molecule has 2 saturated carbocycles. The largest absolute Gasteiger partial charge is 0.481 e. The van der Waals surface area contributed by atoms with Gasteiger partial charge >= 0.3 is 5.97 Å². The van der Waals surface area contributed by atoms with Gasteiger partial charge in [0, 0.05) is 19.1 Å². The number of rotatable bonds is 4. The number of nitrogens with one attached hydrogen (secondary N) is 1. The molecule has 1 aliphatic heterocycles. The first kappa shape index (κ1) is 18.5. The van der Waals surface area contributed by atoms with Gasteiger partial charge in [0.1, 0.15) is 0 Å². The molecule has 0 spiro atoms. The molecule has 6 heteroatoms. The van der Waals surface area contributed by atoms with Crippen LogP contribution in [-0.4, -0.2) is 47.1 Å². The van der Waals surface area contributed by atoms with Crippen molar-refractivity contribution in [3.63, 3.8) is 0 Å². The third kappa shape index (κ3) is 3.50. The van der Waals surface area contributed by atoms with Crippen LogP contribution in [0.3, 0.4) is 0 Å². The molecule has 2 aliphatic carbocycles. The molecule has 3 fully saturated rings. The highest BCUT2D eigenvalue weighted by atomic mass is 35.5. The molecule has 1 unspecified atom stereocenters. The van der Waals surface area contributed by atoms with E-state index in [0.29, 0.717) is 12.6 Å². The summed E-state index contributed by atoms with van der Waals surface area (Å²) in [6.45, 7) is 3.21. The number of halogens is 1. The SMILES string of the molecule is CC(C(=O)NC1CCCCC1)N1C[C@@H]2CCC[C@@]2(C(=O)O)C1.Cl. The molecule has 3 aliphatic rings. The van der Waals surface area contributed by atoms with Crippen molar-refractivity contribution in [2.75, 3.05) is 13.1 Å². The van der Waals surface area contributed by atoms with E-state index in [4.69, 9.17) is 0 Å². The molecular weight excluding hydrogens is 316 g/mol. The van der Waals surface area contributed by atoms with E-state index in [-0.39, 0.29) is 30.3 Å². The Labute approximate surface area is 144 Å². The summed E-state index contributed by atoms with van der Waals surface area (Å²) >= 11 is 0. The maximum absolute atomic E-state index is 12.5. The number of fused-ring (bicyclic) bond motifs is 1. The number of hydrogen-bond acceptors (Lipinski definition) is 3. The number of amides is 1. The molecule has 3 atom stereocenters.